The molecule has 0 radical (unpaired) electrons. The Kier molecular flexibility index (Phi) is 15.4. The van der Waals surface area contributed by atoms with Crippen molar-refractivity contribution in [3.8, 4) is 0 Å². The molecule has 0 saturated carbocycles. The van der Waals surface area contributed by atoms with Gasteiger partial charge in [-0.05, 0) is 19.3 Å². The Morgan fingerprint density at radius 3 is 1.67 bits per heavy atom. The molecule has 21 heavy (non-hydrogen) atoms. The van der Waals surface area contributed by atoms with Crippen molar-refractivity contribution in [2.24, 2.45) is 11.5 Å². The molecular formula is C18H38N2O. The second-order valence-corrected chi connectivity index (χ2v) is 6.44. The fourth-order valence-corrected chi connectivity index (χ4v) is 2.74. The average molecular weight is 299 g/mol. The van der Waals surface area contributed by atoms with Crippen molar-refractivity contribution >= 4 is 5.91 Å². The summed E-state index contributed by atoms with van der Waals surface area (Å²) in [5, 5.41) is 0. The molecule has 0 bridgehead atoms. The summed E-state index contributed by atoms with van der Waals surface area (Å²) in [4.78, 5) is 10.6. The largest absolute Gasteiger partial charge is 0.370 e. The molecule has 0 saturated heterocycles. The molecule has 0 aromatic heterocycles. The predicted octanol–water partition coefficient (Wildman–Crippen LogP) is 4.67. The fourth-order valence-electron chi connectivity index (χ4n) is 2.74. The minimum Gasteiger partial charge on any atom is -0.370 e. The molecule has 1 amide bonds. The standard InChI is InChI=1S/C18H38N2O/c1-2-3-4-11-14-17(19)15-12-9-7-5-6-8-10-13-16-18(20)21/h17H,2-16,19H2,1H3,(H2,20,21). The second kappa shape index (κ2) is 15.8. The lowest BCUT2D eigenvalue weighted by Crippen LogP contribution is -2.19. The highest BCUT2D eigenvalue weighted by Crippen LogP contribution is 2.13. The Bertz CT molecular complexity index is 231. The molecule has 0 fully saturated rings. The van der Waals surface area contributed by atoms with Gasteiger partial charge in [-0.2, -0.15) is 0 Å². The van der Waals surface area contributed by atoms with E-state index in [0.29, 0.717) is 12.5 Å². The number of hydrogen-bond acceptors (Lipinski definition) is 2. The van der Waals surface area contributed by atoms with Crippen LogP contribution in [0.1, 0.15) is 103 Å². The van der Waals surface area contributed by atoms with Crippen LogP contribution in [0, 0.1) is 0 Å². The van der Waals surface area contributed by atoms with Crippen molar-refractivity contribution in [3.63, 3.8) is 0 Å². The van der Waals surface area contributed by atoms with Crippen LogP contribution in [0.25, 0.3) is 0 Å². The molecule has 0 spiro atoms. The molecule has 0 rings (SSSR count). The molecule has 0 heterocycles. The van der Waals surface area contributed by atoms with Gasteiger partial charge >= 0.3 is 0 Å². The lowest BCUT2D eigenvalue weighted by Gasteiger charge is -2.11. The maximum Gasteiger partial charge on any atom is 0.217 e. The van der Waals surface area contributed by atoms with Gasteiger partial charge in [-0.3, -0.25) is 4.79 Å². The summed E-state index contributed by atoms with van der Waals surface area (Å²) >= 11 is 0. The highest BCUT2D eigenvalue weighted by atomic mass is 16.1. The Hall–Kier alpha value is -0.570. The summed E-state index contributed by atoms with van der Waals surface area (Å²) in [5.41, 5.74) is 11.2. The molecule has 3 nitrogen and oxygen atoms in total. The minimum atomic E-state index is -0.166. The third-order valence-electron chi connectivity index (χ3n) is 4.18. The van der Waals surface area contributed by atoms with Gasteiger partial charge in [-0.1, -0.05) is 77.6 Å². The Morgan fingerprint density at radius 1 is 0.762 bits per heavy atom. The zero-order valence-electron chi connectivity index (χ0n) is 14.2. The first-order valence-electron chi connectivity index (χ1n) is 9.20. The van der Waals surface area contributed by atoms with E-state index in [0.717, 1.165) is 12.8 Å². The highest BCUT2D eigenvalue weighted by molar-refractivity contribution is 5.73. The molecule has 3 heteroatoms. The topological polar surface area (TPSA) is 69.1 Å². The summed E-state index contributed by atoms with van der Waals surface area (Å²) in [6.45, 7) is 2.25. The van der Waals surface area contributed by atoms with Crippen molar-refractivity contribution in [1.29, 1.82) is 0 Å². The van der Waals surface area contributed by atoms with Crippen LogP contribution in [0.2, 0.25) is 0 Å². The van der Waals surface area contributed by atoms with Crippen molar-refractivity contribution in [1.82, 2.24) is 0 Å². The average Bonchev–Trinajstić information content (AvgIpc) is 2.45. The van der Waals surface area contributed by atoms with Crippen molar-refractivity contribution in [3.05, 3.63) is 0 Å². The van der Waals surface area contributed by atoms with Crippen LogP contribution in [0.5, 0.6) is 0 Å². The third kappa shape index (κ3) is 17.4. The van der Waals surface area contributed by atoms with Crippen LogP contribution >= 0.6 is 0 Å². The SMILES string of the molecule is CCCCCCC(N)CCCCCCCCCCC(N)=O. The zero-order valence-corrected chi connectivity index (χ0v) is 14.2. The lowest BCUT2D eigenvalue weighted by atomic mass is 10.0. The summed E-state index contributed by atoms with van der Waals surface area (Å²) < 4.78 is 0. The van der Waals surface area contributed by atoms with Crippen LogP contribution in [0.4, 0.5) is 0 Å². The molecular weight excluding hydrogens is 260 g/mol. The van der Waals surface area contributed by atoms with Crippen molar-refractivity contribution in [2.75, 3.05) is 0 Å². The van der Waals surface area contributed by atoms with E-state index in [1.165, 1.54) is 77.0 Å². The van der Waals surface area contributed by atoms with Gasteiger partial charge < -0.3 is 11.5 Å². The number of nitrogens with two attached hydrogens (primary N) is 2. The molecule has 4 N–H and O–H groups in total. The summed E-state index contributed by atoms with van der Waals surface area (Å²) in [7, 11) is 0. The maximum atomic E-state index is 10.6. The first-order valence-corrected chi connectivity index (χ1v) is 9.20. The maximum absolute atomic E-state index is 10.6. The predicted molar refractivity (Wildman–Crippen MR) is 92.1 cm³/mol. The van der Waals surface area contributed by atoms with E-state index in [1.54, 1.807) is 0 Å². The normalized spacial score (nSPS) is 12.5. The molecule has 0 aliphatic carbocycles. The van der Waals surface area contributed by atoms with Gasteiger partial charge in [0.25, 0.3) is 0 Å². The third-order valence-corrected chi connectivity index (χ3v) is 4.18. The van der Waals surface area contributed by atoms with E-state index in [-0.39, 0.29) is 5.91 Å². The molecule has 0 aromatic carbocycles. The highest BCUT2D eigenvalue weighted by Gasteiger charge is 2.02. The zero-order chi connectivity index (χ0) is 15.8. The molecule has 0 aromatic rings. The number of primary amides is 1. The van der Waals surface area contributed by atoms with Crippen LogP contribution in [-0.4, -0.2) is 11.9 Å². The monoisotopic (exact) mass is 298 g/mol. The van der Waals surface area contributed by atoms with E-state index >= 15 is 0 Å². The Labute approximate surface area is 132 Å². The lowest BCUT2D eigenvalue weighted by molar-refractivity contribution is -0.118. The molecule has 0 aliphatic rings. The van der Waals surface area contributed by atoms with Gasteiger partial charge in [0.05, 0.1) is 0 Å². The Morgan fingerprint density at radius 2 is 1.19 bits per heavy atom. The van der Waals surface area contributed by atoms with E-state index in [2.05, 4.69) is 6.92 Å². The Balaban J connectivity index is 3.12. The van der Waals surface area contributed by atoms with Gasteiger partial charge in [0, 0.05) is 12.5 Å². The summed E-state index contributed by atoms with van der Waals surface area (Å²) in [6, 6.07) is 0.427. The number of carbonyl (C=O) groups excluding carboxylic acids is 1. The first kappa shape index (κ1) is 20.4. The van der Waals surface area contributed by atoms with Gasteiger partial charge in [-0.15, -0.1) is 0 Å². The van der Waals surface area contributed by atoms with Crippen LogP contribution in [-0.2, 0) is 4.79 Å². The van der Waals surface area contributed by atoms with Gasteiger partial charge in [0.15, 0.2) is 0 Å². The molecule has 0 aliphatic heterocycles. The molecule has 1 atom stereocenters. The first-order chi connectivity index (χ1) is 10.2. The van der Waals surface area contributed by atoms with E-state index in [9.17, 15) is 4.79 Å². The number of amides is 1. The van der Waals surface area contributed by atoms with Crippen LogP contribution in [0.15, 0.2) is 0 Å². The smallest absolute Gasteiger partial charge is 0.217 e. The number of carbonyl (C=O) groups is 1. The van der Waals surface area contributed by atoms with Gasteiger partial charge in [-0.25, -0.2) is 0 Å². The second-order valence-electron chi connectivity index (χ2n) is 6.44. The number of hydrogen-bond donors (Lipinski definition) is 2. The van der Waals surface area contributed by atoms with E-state index in [1.807, 2.05) is 0 Å². The molecule has 1 unspecified atom stereocenters. The van der Waals surface area contributed by atoms with Crippen molar-refractivity contribution < 1.29 is 4.79 Å². The van der Waals surface area contributed by atoms with Crippen LogP contribution < -0.4 is 11.5 Å². The summed E-state index contributed by atoms with van der Waals surface area (Å²) in [5.74, 6) is -0.166. The van der Waals surface area contributed by atoms with Crippen LogP contribution in [0.3, 0.4) is 0 Å². The summed E-state index contributed by atoms with van der Waals surface area (Å²) in [6.07, 6.45) is 18.2. The number of rotatable bonds is 16. The molecule has 126 valence electrons. The van der Waals surface area contributed by atoms with Gasteiger partial charge in [0.1, 0.15) is 0 Å². The van der Waals surface area contributed by atoms with E-state index < -0.39 is 0 Å². The minimum absolute atomic E-state index is 0.166. The van der Waals surface area contributed by atoms with E-state index in [4.69, 9.17) is 11.5 Å². The van der Waals surface area contributed by atoms with Crippen molar-refractivity contribution in [2.45, 2.75) is 109 Å². The number of unbranched alkanes of at least 4 members (excludes halogenated alkanes) is 10. The van der Waals surface area contributed by atoms with Gasteiger partial charge in [0.2, 0.25) is 5.91 Å². The fraction of sp³-hybridized carbons (Fsp3) is 0.944. The quantitative estimate of drug-likeness (QED) is 0.406.